The van der Waals surface area contributed by atoms with Gasteiger partial charge in [-0.1, -0.05) is 12.8 Å². The summed E-state index contributed by atoms with van der Waals surface area (Å²) in [7, 11) is -2.16. The molecular weight excluding hydrogens is 364 g/mol. The molecule has 20 heavy (non-hydrogen) atoms. The van der Waals surface area contributed by atoms with Gasteiger partial charge in [0.25, 0.3) is 10.0 Å². The average molecular weight is 381 g/mol. The van der Waals surface area contributed by atoms with Crippen molar-refractivity contribution in [1.82, 2.24) is 9.62 Å². The van der Waals surface area contributed by atoms with Gasteiger partial charge in [0, 0.05) is 13.1 Å². The summed E-state index contributed by atoms with van der Waals surface area (Å²) in [6, 6.07) is 3.42. The van der Waals surface area contributed by atoms with E-state index in [1.807, 2.05) is 0 Å². The van der Waals surface area contributed by atoms with E-state index in [0.29, 0.717) is 0 Å². The summed E-state index contributed by atoms with van der Waals surface area (Å²) in [5.41, 5.74) is 0. The third kappa shape index (κ3) is 3.81. The van der Waals surface area contributed by atoms with Gasteiger partial charge in [0.05, 0.1) is 10.3 Å². The number of nitrogens with one attached hydrogen (secondary N) is 1. The van der Waals surface area contributed by atoms with Crippen molar-refractivity contribution in [2.45, 2.75) is 35.9 Å². The maximum atomic E-state index is 12.3. The summed E-state index contributed by atoms with van der Waals surface area (Å²) in [6.07, 6.45) is 4.23. The molecule has 0 unspecified atom stereocenters. The number of carbonyl (C=O) groups is 1. The van der Waals surface area contributed by atoms with Crippen LogP contribution in [0.5, 0.6) is 0 Å². The first-order chi connectivity index (χ1) is 9.39. The molecule has 1 aromatic rings. The zero-order valence-electron chi connectivity index (χ0n) is 11.1. The van der Waals surface area contributed by atoms with Crippen molar-refractivity contribution < 1.29 is 13.2 Å². The van der Waals surface area contributed by atoms with E-state index in [0.717, 1.165) is 45.1 Å². The van der Waals surface area contributed by atoms with Crippen molar-refractivity contribution in [1.29, 1.82) is 0 Å². The van der Waals surface area contributed by atoms with Crippen LogP contribution in [0.3, 0.4) is 0 Å². The first-order valence-corrected chi connectivity index (χ1v) is 9.45. The van der Waals surface area contributed by atoms with E-state index in [1.165, 1.54) is 13.1 Å². The van der Waals surface area contributed by atoms with Crippen molar-refractivity contribution in [3.8, 4) is 0 Å². The maximum Gasteiger partial charge on any atom is 0.252 e. The van der Waals surface area contributed by atoms with E-state index in [1.54, 1.807) is 6.07 Å². The second-order valence-electron chi connectivity index (χ2n) is 4.87. The molecule has 1 aromatic heterocycles. The summed E-state index contributed by atoms with van der Waals surface area (Å²) in [5.74, 6) is -0.237. The highest BCUT2D eigenvalue weighted by Crippen LogP contribution is 2.27. The van der Waals surface area contributed by atoms with E-state index in [2.05, 4.69) is 21.2 Å². The third-order valence-electron chi connectivity index (χ3n) is 3.30. The molecule has 112 valence electrons. The van der Waals surface area contributed by atoms with E-state index in [9.17, 15) is 13.2 Å². The Balaban J connectivity index is 1.96. The van der Waals surface area contributed by atoms with Crippen LogP contribution in [0, 0.1) is 0 Å². The van der Waals surface area contributed by atoms with Crippen molar-refractivity contribution in [2.24, 2.45) is 0 Å². The molecule has 1 aliphatic rings. The molecule has 0 atom stereocenters. The van der Waals surface area contributed by atoms with Gasteiger partial charge in [-0.3, -0.25) is 4.79 Å². The van der Waals surface area contributed by atoms with Crippen LogP contribution in [-0.2, 0) is 14.8 Å². The minimum atomic E-state index is -3.59. The number of hydrogen-bond donors (Lipinski definition) is 1. The Morgan fingerprint density at radius 3 is 2.65 bits per heavy atom. The number of carbonyl (C=O) groups excluding carboxylic acids is 1. The van der Waals surface area contributed by atoms with Gasteiger partial charge in [-0.05, 0) is 40.9 Å². The zero-order chi connectivity index (χ0) is 14.8. The Bertz CT molecular complexity index is 579. The fraction of sp³-hybridized carbons (Fsp3) is 0.583. The number of hydrogen-bond acceptors (Lipinski definition) is 4. The molecule has 2 rings (SSSR count). The lowest BCUT2D eigenvalue weighted by Crippen LogP contribution is -2.41. The average Bonchev–Trinajstić information content (AvgIpc) is 3.00. The lowest BCUT2D eigenvalue weighted by atomic mass is 10.2. The van der Waals surface area contributed by atoms with Gasteiger partial charge < -0.3 is 5.32 Å². The SMILES string of the molecule is CN(CC(=O)NC1CCCC1)S(=O)(=O)c1ccc(Br)s1. The largest absolute Gasteiger partial charge is 0.352 e. The number of thiophene rings is 1. The van der Waals surface area contributed by atoms with Crippen LogP contribution in [0.1, 0.15) is 25.7 Å². The molecule has 1 amide bonds. The number of rotatable bonds is 5. The van der Waals surface area contributed by atoms with Crippen LogP contribution in [-0.4, -0.2) is 38.3 Å². The van der Waals surface area contributed by atoms with Crippen molar-refractivity contribution in [3.63, 3.8) is 0 Å². The monoisotopic (exact) mass is 380 g/mol. The van der Waals surface area contributed by atoms with Crippen LogP contribution in [0.15, 0.2) is 20.1 Å². The second kappa shape index (κ2) is 6.55. The van der Waals surface area contributed by atoms with Crippen molar-refractivity contribution >= 4 is 43.2 Å². The zero-order valence-corrected chi connectivity index (χ0v) is 14.4. The Morgan fingerprint density at radius 2 is 2.10 bits per heavy atom. The van der Waals surface area contributed by atoms with Gasteiger partial charge in [-0.15, -0.1) is 11.3 Å². The molecule has 0 aliphatic heterocycles. The molecule has 1 aliphatic carbocycles. The smallest absolute Gasteiger partial charge is 0.252 e. The number of amides is 1. The van der Waals surface area contributed by atoms with Gasteiger partial charge in [0.15, 0.2) is 0 Å². The molecule has 8 heteroatoms. The molecule has 1 saturated carbocycles. The van der Waals surface area contributed by atoms with Gasteiger partial charge in [-0.2, -0.15) is 4.31 Å². The molecule has 0 saturated heterocycles. The lowest BCUT2D eigenvalue weighted by molar-refractivity contribution is -0.121. The summed E-state index contributed by atoms with van der Waals surface area (Å²) < 4.78 is 26.6. The molecule has 1 N–H and O–H groups in total. The summed E-state index contributed by atoms with van der Waals surface area (Å²) in [4.78, 5) is 11.9. The summed E-state index contributed by atoms with van der Waals surface area (Å²) in [5, 5.41) is 2.89. The highest BCUT2D eigenvalue weighted by molar-refractivity contribution is 9.11. The van der Waals surface area contributed by atoms with E-state index in [4.69, 9.17) is 0 Å². The van der Waals surface area contributed by atoms with Gasteiger partial charge >= 0.3 is 0 Å². The standard InChI is InChI=1S/C12H17BrN2O3S2/c1-15(8-11(16)14-9-4-2-3-5-9)20(17,18)12-7-6-10(13)19-12/h6-7,9H,2-5,8H2,1H3,(H,14,16). The van der Waals surface area contributed by atoms with E-state index >= 15 is 0 Å². The Labute approximate surface area is 131 Å². The first-order valence-electron chi connectivity index (χ1n) is 6.40. The molecule has 5 nitrogen and oxygen atoms in total. The summed E-state index contributed by atoms with van der Waals surface area (Å²) in [6.45, 7) is -0.144. The molecule has 0 spiro atoms. The fourth-order valence-electron chi connectivity index (χ4n) is 2.22. The number of halogens is 1. The van der Waals surface area contributed by atoms with Gasteiger partial charge in [-0.25, -0.2) is 8.42 Å². The van der Waals surface area contributed by atoms with Crippen LogP contribution >= 0.6 is 27.3 Å². The number of sulfonamides is 1. The summed E-state index contributed by atoms with van der Waals surface area (Å²) >= 11 is 4.38. The van der Waals surface area contributed by atoms with Crippen LogP contribution in [0.4, 0.5) is 0 Å². The lowest BCUT2D eigenvalue weighted by Gasteiger charge is -2.17. The van der Waals surface area contributed by atoms with E-state index < -0.39 is 10.0 Å². The predicted molar refractivity (Wildman–Crippen MR) is 82.2 cm³/mol. The fourth-order valence-corrected chi connectivity index (χ4v) is 5.57. The highest BCUT2D eigenvalue weighted by atomic mass is 79.9. The second-order valence-corrected chi connectivity index (χ2v) is 9.60. The first kappa shape index (κ1) is 15.9. The Hall–Kier alpha value is -0.440. The topological polar surface area (TPSA) is 66.5 Å². The Morgan fingerprint density at radius 1 is 1.45 bits per heavy atom. The normalized spacial score (nSPS) is 16.8. The van der Waals surface area contributed by atoms with Gasteiger partial charge in [0.1, 0.15) is 4.21 Å². The number of nitrogens with zero attached hydrogens (tertiary/aromatic N) is 1. The predicted octanol–water partition coefficient (Wildman–Crippen LogP) is 2.19. The van der Waals surface area contributed by atoms with Crippen LogP contribution in [0.25, 0.3) is 0 Å². The molecule has 0 bridgehead atoms. The molecule has 1 fully saturated rings. The number of likely N-dealkylation sites (N-methyl/N-ethyl adjacent to an activating group) is 1. The van der Waals surface area contributed by atoms with Crippen molar-refractivity contribution in [3.05, 3.63) is 15.9 Å². The molecule has 1 heterocycles. The molecule has 0 radical (unpaired) electrons. The Kier molecular flexibility index (Phi) is 5.22. The maximum absolute atomic E-state index is 12.3. The van der Waals surface area contributed by atoms with Crippen LogP contribution in [0.2, 0.25) is 0 Å². The quantitative estimate of drug-likeness (QED) is 0.850. The minimum Gasteiger partial charge on any atom is -0.352 e. The molecule has 0 aromatic carbocycles. The molecular formula is C12H17BrN2O3S2. The third-order valence-corrected chi connectivity index (χ3v) is 7.19. The van der Waals surface area contributed by atoms with Crippen molar-refractivity contribution in [2.75, 3.05) is 13.6 Å². The van der Waals surface area contributed by atoms with E-state index in [-0.39, 0.29) is 22.7 Å². The highest BCUT2D eigenvalue weighted by Gasteiger charge is 2.25. The minimum absolute atomic E-state index is 0.144. The van der Waals surface area contributed by atoms with Gasteiger partial charge in [0.2, 0.25) is 5.91 Å². The van der Waals surface area contributed by atoms with Crippen LogP contribution < -0.4 is 5.32 Å².